The lowest BCUT2D eigenvalue weighted by molar-refractivity contribution is -0.137. The van der Waals surface area contributed by atoms with Crippen LogP contribution >= 0.6 is 0 Å². The van der Waals surface area contributed by atoms with Crippen molar-refractivity contribution >= 4 is 15.9 Å². The van der Waals surface area contributed by atoms with E-state index >= 15 is 0 Å². The molecule has 0 aromatic heterocycles. The second-order valence-corrected chi connectivity index (χ2v) is 9.88. The Morgan fingerprint density at radius 2 is 1.70 bits per heavy atom. The molecule has 27 heavy (non-hydrogen) atoms. The topological polar surface area (TPSA) is 69.7 Å². The minimum Gasteiger partial charge on any atom is -0.341 e. The quantitative estimate of drug-likeness (QED) is 0.847. The molecule has 0 saturated carbocycles. The number of amides is 1. The van der Waals surface area contributed by atoms with Gasteiger partial charge in [0.05, 0.1) is 4.90 Å². The molecule has 1 unspecified atom stereocenters. The number of sulfonamides is 1. The van der Waals surface area contributed by atoms with Gasteiger partial charge in [-0.3, -0.25) is 4.79 Å². The summed E-state index contributed by atoms with van der Waals surface area (Å²) in [7, 11) is -1.65. The van der Waals surface area contributed by atoms with E-state index in [2.05, 4.69) is 5.32 Å². The fourth-order valence-electron chi connectivity index (χ4n) is 4.48. The van der Waals surface area contributed by atoms with Gasteiger partial charge in [-0.2, -0.15) is 4.31 Å². The molecule has 3 rings (SSSR count). The van der Waals surface area contributed by atoms with Crippen LogP contribution < -0.4 is 5.32 Å². The lowest BCUT2D eigenvalue weighted by atomic mass is 9.96. The van der Waals surface area contributed by atoms with Crippen molar-refractivity contribution in [2.24, 2.45) is 5.92 Å². The van der Waals surface area contributed by atoms with Gasteiger partial charge in [0.2, 0.25) is 15.9 Å². The number of hydrogen-bond donors (Lipinski definition) is 1. The lowest BCUT2D eigenvalue weighted by Crippen LogP contribution is -2.46. The average molecular weight is 394 g/mol. The number of nitrogens with one attached hydrogen (secondary N) is 1. The fourth-order valence-corrected chi connectivity index (χ4v) is 6.37. The number of aryl methyl sites for hydroxylation is 3. The van der Waals surface area contributed by atoms with Crippen LogP contribution in [0.1, 0.15) is 36.0 Å². The highest BCUT2D eigenvalue weighted by atomic mass is 32.2. The van der Waals surface area contributed by atoms with Crippen molar-refractivity contribution in [2.75, 3.05) is 33.2 Å². The van der Waals surface area contributed by atoms with Crippen LogP contribution in [-0.2, 0) is 14.8 Å². The Bertz CT molecular complexity index is 785. The summed E-state index contributed by atoms with van der Waals surface area (Å²) < 4.78 is 27.9. The van der Waals surface area contributed by atoms with E-state index < -0.39 is 10.0 Å². The Labute approximate surface area is 163 Å². The molecule has 0 aliphatic carbocycles. The maximum absolute atomic E-state index is 13.2. The number of rotatable bonds is 4. The first-order chi connectivity index (χ1) is 12.7. The van der Waals surface area contributed by atoms with E-state index in [9.17, 15) is 13.2 Å². The Balaban J connectivity index is 1.69. The highest BCUT2D eigenvalue weighted by Gasteiger charge is 2.36. The molecule has 2 fully saturated rings. The Morgan fingerprint density at radius 3 is 2.22 bits per heavy atom. The normalized spacial score (nSPS) is 22.1. The summed E-state index contributed by atoms with van der Waals surface area (Å²) in [5.74, 6) is 0.0747. The first-order valence-electron chi connectivity index (χ1n) is 9.77. The molecule has 150 valence electrons. The molecule has 2 aliphatic heterocycles. The molecule has 0 spiro atoms. The number of piperidine rings is 1. The van der Waals surface area contributed by atoms with Gasteiger partial charge in [0.15, 0.2) is 0 Å². The molecule has 1 N–H and O–H groups in total. The van der Waals surface area contributed by atoms with Gasteiger partial charge in [-0.15, -0.1) is 0 Å². The SMILES string of the molecule is Cc1cc(C)c(S(=O)(=O)N2CCC(C(=O)N(C)C3CCNC3)CC2)c(C)c1. The van der Waals surface area contributed by atoms with E-state index in [1.807, 2.05) is 44.9 Å². The van der Waals surface area contributed by atoms with Gasteiger partial charge < -0.3 is 10.2 Å². The summed E-state index contributed by atoms with van der Waals surface area (Å²) in [5, 5.41) is 3.29. The van der Waals surface area contributed by atoms with Crippen LogP contribution in [-0.4, -0.2) is 62.8 Å². The van der Waals surface area contributed by atoms with Crippen molar-refractivity contribution in [3.8, 4) is 0 Å². The third kappa shape index (κ3) is 4.05. The van der Waals surface area contributed by atoms with E-state index in [0.717, 1.165) is 36.2 Å². The second-order valence-electron chi connectivity index (χ2n) is 8.00. The summed E-state index contributed by atoms with van der Waals surface area (Å²) >= 11 is 0. The van der Waals surface area contributed by atoms with Crippen molar-refractivity contribution < 1.29 is 13.2 Å². The summed E-state index contributed by atoms with van der Waals surface area (Å²) in [6.07, 6.45) is 2.17. The van der Waals surface area contributed by atoms with Gasteiger partial charge in [0, 0.05) is 38.6 Å². The maximum Gasteiger partial charge on any atom is 0.243 e. The van der Waals surface area contributed by atoms with Crippen LogP contribution in [0.5, 0.6) is 0 Å². The van der Waals surface area contributed by atoms with E-state index in [-0.39, 0.29) is 17.9 Å². The largest absolute Gasteiger partial charge is 0.341 e. The van der Waals surface area contributed by atoms with E-state index in [1.54, 1.807) is 4.31 Å². The molecule has 0 radical (unpaired) electrons. The molecule has 2 saturated heterocycles. The summed E-state index contributed by atoms with van der Waals surface area (Å²) in [5.41, 5.74) is 2.65. The number of benzene rings is 1. The molecule has 2 heterocycles. The van der Waals surface area contributed by atoms with Gasteiger partial charge >= 0.3 is 0 Å². The number of likely N-dealkylation sites (N-methyl/N-ethyl adjacent to an activating group) is 1. The summed E-state index contributed by atoms with van der Waals surface area (Å²) in [6, 6.07) is 4.10. The van der Waals surface area contributed by atoms with Gasteiger partial charge in [-0.05, 0) is 57.7 Å². The highest BCUT2D eigenvalue weighted by Crippen LogP contribution is 2.29. The van der Waals surface area contributed by atoms with Gasteiger partial charge in [0.1, 0.15) is 0 Å². The van der Waals surface area contributed by atoms with Crippen molar-refractivity contribution in [1.29, 1.82) is 0 Å². The Hall–Kier alpha value is -1.44. The molecular weight excluding hydrogens is 362 g/mol. The molecule has 0 bridgehead atoms. The molecule has 1 aromatic rings. The van der Waals surface area contributed by atoms with E-state index in [0.29, 0.717) is 30.8 Å². The van der Waals surface area contributed by atoms with Gasteiger partial charge in [-0.25, -0.2) is 8.42 Å². The summed E-state index contributed by atoms with van der Waals surface area (Å²) in [6.45, 7) is 8.30. The average Bonchev–Trinajstić information content (AvgIpc) is 3.14. The first-order valence-corrected chi connectivity index (χ1v) is 11.2. The predicted molar refractivity (Wildman–Crippen MR) is 106 cm³/mol. The van der Waals surface area contributed by atoms with Crippen molar-refractivity contribution in [3.63, 3.8) is 0 Å². The molecule has 1 atom stereocenters. The molecule has 2 aliphatic rings. The number of carbonyl (C=O) groups excluding carboxylic acids is 1. The highest BCUT2D eigenvalue weighted by molar-refractivity contribution is 7.89. The summed E-state index contributed by atoms with van der Waals surface area (Å²) in [4.78, 5) is 15.1. The van der Waals surface area contributed by atoms with Crippen molar-refractivity contribution in [2.45, 2.75) is 51.0 Å². The lowest BCUT2D eigenvalue weighted by Gasteiger charge is -2.34. The Kier molecular flexibility index (Phi) is 5.93. The molecule has 6 nitrogen and oxygen atoms in total. The molecular formula is C20H31N3O3S. The fraction of sp³-hybridized carbons (Fsp3) is 0.650. The zero-order chi connectivity index (χ0) is 19.8. The van der Waals surface area contributed by atoms with Crippen molar-refractivity contribution in [3.05, 3.63) is 28.8 Å². The standard InChI is InChI=1S/C20H31N3O3S/c1-14-11-15(2)19(16(3)12-14)27(25,26)23-9-6-17(7-10-23)20(24)22(4)18-5-8-21-13-18/h11-12,17-18,21H,5-10,13H2,1-4H3. The van der Waals surface area contributed by atoms with Crippen LogP contribution in [0.3, 0.4) is 0 Å². The molecule has 7 heteroatoms. The molecule has 1 aromatic carbocycles. The van der Waals surface area contributed by atoms with Crippen LogP contribution in [0.4, 0.5) is 0 Å². The van der Waals surface area contributed by atoms with Gasteiger partial charge in [-0.1, -0.05) is 17.7 Å². The maximum atomic E-state index is 13.2. The number of hydrogen-bond acceptors (Lipinski definition) is 4. The minimum absolute atomic E-state index is 0.0812. The molecule has 1 amide bonds. The predicted octanol–water partition coefficient (Wildman–Crippen LogP) is 1.83. The van der Waals surface area contributed by atoms with Gasteiger partial charge in [0.25, 0.3) is 0 Å². The zero-order valence-corrected chi connectivity index (χ0v) is 17.6. The Morgan fingerprint density at radius 1 is 1.11 bits per heavy atom. The monoisotopic (exact) mass is 393 g/mol. The van der Waals surface area contributed by atoms with Crippen LogP contribution in [0.25, 0.3) is 0 Å². The first kappa shape index (κ1) is 20.3. The van der Waals surface area contributed by atoms with Crippen LogP contribution in [0.2, 0.25) is 0 Å². The smallest absolute Gasteiger partial charge is 0.243 e. The van der Waals surface area contributed by atoms with Crippen LogP contribution in [0.15, 0.2) is 17.0 Å². The second kappa shape index (κ2) is 7.89. The van der Waals surface area contributed by atoms with E-state index in [1.165, 1.54) is 0 Å². The minimum atomic E-state index is -3.53. The van der Waals surface area contributed by atoms with Crippen LogP contribution in [0, 0.1) is 26.7 Å². The third-order valence-electron chi connectivity index (χ3n) is 5.94. The zero-order valence-electron chi connectivity index (χ0n) is 16.8. The van der Waals surface area contributed by atoms with Crippen molar-refractivity contribution in [1.82, 2.24) is 14.5 Å². The number of carbonyl (C=O) groups is 1. The third-order valence-corrected chi connectivity index (χ3v) is 8.14. The van der Waals surface area contributed by atoms with E-state index in [4.69, 9.17) is 0 Å². The number of nitrogens with zero attached hydrogens (tertiary/aromatic N) is 2.